The average Bonchev–Trinajstić information content (AvgIpc) is 2.70. The van der Waals surface area contributed by atoms with Crippen molar-refractivity contribution in [3.8, 4) is 11.4 Å². The maximum Gasteiger partial charge on any atom is 0.164 e. The van der Waals surface area contributed by atoms with Crippen LogP contribution in [0.25, 0.3) is 11.4 Å². The monoisotopic (exact) mass is 269 g/mol. The molecule has 0 atom stereocenters. The molecule has 1 aromatic carbocycles. The Balaban J connectivity index is 2.54. The van der Waals surface area contributed by atoms with Crippen molar-refractivity contribution in [1.82, 2.24) is 14.8 Å². The third kappa shape index (κ3) is 2.45. The lowest BCUT2D eigenvalue weighted by atomic mass is 10.1. The second-order valence-corrected chi connectivity index (χ2v) is 5.64. The Morgan fingerprint density at radius 1 is 1.12 bits per heavy atom. The lowest BCUT2D eigenvalue weighted by Crippen LogP contribution is -2.21. The van der Waals surface area contributed by atoms with Crippen LogP contribution in [0.15, 0.2) is 24.5 Å². The van der Waals surface area contributed by atoms with Crippen molar-refractivity contribution in [3.63, 3.8) is 0 Å². The highest BCUT2D eigenvalue weighted by Gasteiger charge is 2.19. The number of halogens is 2. The highest BCUT2D eigenvalue weighted by Crippen LogP contribution is 2.29. The molecule has 0 unspecified atom stereocenters. The van der Waals surface area contributed by atoms with E-state index in [4.69, 9.17) is 23.2 Å². The van der Waals surface area contributed by atoms with Gasteiger partial charge in [-0.1, -0.05) is 23.2 Å². The van der Waals surface area contributed by atoms with E-state index in [1.807, 2.05) is 10.6 Å². The summed E-state index contributed by atoms with van der Waals surface area (Å²) < 4.78 is 2.01. The smallest absolute Gasteiger partial charge is 0.164 e. The summed E-state index contributed by atoms with van der Waals surface area (Å²) in [5.41, 5.74) is 0.831. The number of nitrogens with zero attached hydrogens (tertiary/aromatic N) is 3. The normalized spacial score (nSPS) is 11.8. The summed E-state index contributed by atoms with van der Waals surface area (Å²) in [6.45, 7) is 6.28. The van der Waals surface area contributed by atoms with Gasteiger partial charge in [-0.2, -0.15) is 0 Å². The Morgan fingerprint density at radius 2 is 1.82 bits per heavy atom. The van der Waals surface area contributed by atoms with Gasteiger partial charge in [0.25, 0.3) is 0 Å². The SMILES string of the molecule is CC(C)(C)n1cnnc1-c1ccc(Cl)c(Cl)c1. The number of aromatic nitrogens is 3. The van der Waals surface area contributed by atoms with E-state index in [1.165, 1.54) is 0 Å². The van der Waals surface area contributed by atoms with Crippen molar-refractivity contribution in [2.24, 2.45) is 0 Å². The van der Waals surface area contributed by atoms with Crippen molar-refractivity contribution in [3.05, 3.63) is 34.6 Å². The van der Waals surface area contributed by atoms with E-state index in [-0.39, 0.29) is 5.54 Å². The lowest BCUT2D eigenvalue weighted by Gasteiger charge is -2.22. The molecule has 0 fully saturated rings. The Bertz CT molecular complexity index is 541. The third-order valence-electron chi connectivity index (χ3n) is 2.45. The Hall–Kier alpha value is -1.06. The molecule has 90 valence electrons. The molecule has 2 rings (SSSR count). The second kappa shape index (κ2) is 4.31. The fraction of sp³-hybridized carbons (Fsp3) is 0.333. The summed E-state index contributed by atoms with van der Waals surface area (Å²) in [6.07, 6.45) is 1.72. The van der Waals surface area contributed by atoms with Crippen LogP contribution in [0.2, 0.25) is 10.0 Å². The largest absolute Gasteiger partial charge is 0.308 e. The zero-order valence-corrected chi connectivity index (χ0v) is 11.4. The van der Waals surface area contributed by atoms with Gasteiger partial charge in [-0.15, -0.1) is 10.2 Å². The maximum atomic E-state index is 6.01. The summed E-state index contributed by atoms with van der Waals surface area (Å²) >= 11 is 11.9. The molecule has 3 nitrogen and oxygen atoms in total. The molecule has 1 aromatic heterocycles. The summed E-state index contributed by atoms with van der Waals surface area (Å²) in [4.78, 5) is 0. The molecule has 0 saturated carbocycles. The number of rotatable bonds is 1. The van der Waals surface area contributed by atoms with Crippen LogP contribution in [-0.4, -0.2) is 14.8 Å². The Morgan fingerprint density at radius 3 is 2.41 bits per heavy atom. The minimum Gasteiger partial charge on any atom is -0.308 e. The van der Waals surface area contributed by atoms with E-state index >= 15 is 0 Å². The first-order valence-electron chi connectivity index (χ1n) is 5.25. The molecule has 1 heterocycles. The van der Waals surface area contributed by atoms with Crippen LogP contribution >= 0.6 is 23.2 Å². The predicted octanol–water partition coefficient (Wildman–Crippen LogP) is 4.01. The molecular formula is C12H13Cl2N3. The zero-order valence-electron chi connectivity index (χ0n) is 9.91. The first-order chi connectivity index (χ1) is 7.89. The van der Waals surface area contributed by atoms with Crippen LogP contribution in [0.1, 0.15) is 20.8 Å². The van der Waals surface area contributed by atoms with Crippen molar-refractivity contribution in [2.45, 2.75) is 26.3 Å². The first-order valence-corrected chi connectivity index (χ1v) is 6.01. The van der Waals surface area contributed by atoms with E-state index < -0.39 is 0 Å². The first kappa shape index (κ1) is 12.4. The molecular weight excluding hydrogens is 257 g/mol. The summed E-state index contributed by atoms with van der Waals surface area (Å²) in [5, 5.41) is 9.15. The van der Waals surface area contributed by atoms with E-state index in [1.54, 1.807) is 18.5 Å². The minimum absolute atomic E-state index is 0.0784. The zero-order chi connectivity index (χ0) is 12.6. The molecule has 0 spiro atoms. The molecule has 0 bridgehead atoms. The number of hydrogen-bond donors (Lipinski definition) is 0. The van der Waals surface area contributed by atoms with Crippen LogP contribution in [0.4, 0.5) is 0 Å². The van der Waals surface area contributed by atoms with E-state index in [0.29, 0.717) is 10.0 Å². The molecule has 0 saturated heterocycles. The van der Waals surface area contributed by atoms with Gasteiger partial charge in [0.2, 0.25) is 0 Å². The summed E-state index contributed by atoms with van der Waals surface area (Å²) in [7, 11) is 0. The van der Waals surface area contributed by atoms with Gasteiger partial charge in [-0.05, 0) is 39.0 Å². The summed E-state index contributed by atoms with van der Waals surface area (Å²) in [6, 6.07) is 5.46. The number of hydrogen-bond acceptors (Lipinski definition) is 2. The molecule has 5 heteroatoms. The van der Waals surface area contributed by atoms with Crippen LogP contribution in [-0.2, 0) is 5.54 Å². The van der Waals surface area contributed by atoms with Crippen LogP contribution in [0.3, 0.4) is 0 Å². The molecule has 0 N–H and O–H groups in total. The fourth-order valence-corrected chi connectivity index (χ4v) is 1.86. The maximum absolute atomic E-state index is 6.01. The summed E-state index contributed by atoms with van der Waals surface area (Å²) in [5.74, 6) is 0.788. The quantitative estimate of drug-likeness (QED) is 0.783. The van der Waals surface area contributed by atoms with Crippen LogP contribution in [0.5, 0.6) is 0 Å². The van der Waals surface area contributed by atoms with Gasteiger partial charge in [0.05, 0.1) is 10.0 Å². The predicted molar refractivity (Wildman–Crippen MR) is 70.5 cm³/mol. The lowest BCUT2D eigenvalue weighted by molar-refractivity contribution is 0.400. The van der Waals surface area contributed by atoms with Gasteiger partial charge in [0.15, 0.2) is 5.82 Å². The van der Waals surface area contributed by atoms with Crippen molar-refractivity contribution >= 4 is 23.2 Å². The van der Waals surface area contributed by atoms with Gasteiger partial charge >= 0.3 is 0 Å². The standard InChI is InChI=1S/C12H13Cl2N3/c1-12(2,3)17-7-15-16-11(17)8-4-5-9(13)10(14)6-8/h4-7H,1-3H3. The highest BCUT2D eigenvalue weighted by atomic mass is 35.5. The van der Waals surface area contributed by atoms with E-state index in [2.05, 4.69) is 31.0 Å². The van der Waals surface area contributed by atoms with Gasteiger partial charge in [-0.25, -0.2) is 0 Å². The molecule has 0 amide bonds. The van der Waals surface area contributed by atoms with E-state index in [9.17, 15) is 0 Å². The topological polar surface area (TPSA) is 30.7 Å². The highest BCUT2D eigenvalue weighted by molar-refractivity contribution is 6.42. The van der Waals surface area contributed by atoms with Gasteiger partial charge in [0, 0.05) is 11.1 Å². The van der Waals surface area contributed by atoms with Gasteiger partial charge in [-0.3, -0.25) is 0 Å². The van der Waals surface area contributed by atoms with Gasteiger partial charge in [0.1, 0.15) is 6.33 Å². The van der Waals surface area contributed by atoms with Crippen molar-refractivity contribution in [2.75, 3.05) is 0 Å². The molecule has 0 aliphatic rings. The molecule has 0 aliphatic heterocycles. The third-order valence-corrected chi connectivity index (χ3v) is 3.19. The average molecular weight is 270 g/mol. The van der Waals surface area contributed by atoms with Gasteiger partial charge < -0.3 is 4.57 Å². The molecule has 17 heavy (non-hydrogen) atoms. The Kier molecular flexibility index (Phi) is 3.15. The molecule has 0 aliphatic carbocycles. The van der Waals surface area contributed by atoms with Crippen LogP contribution < -0.4 is 0 Å². The van der Waals surface area contributed by atoms with Crippen molar-refractivity contribution < 1.29 is 0 Å². The minimum atomic E-state index is -0.0784. The van der Waals surface area contributed by atoms with Crippen molar-refractivity contribution in [1.29, 1.82) is 0 Å². The second-order valence-electron chi connectivity index (χ2n) is 4.82. The fourth-order valence-electron chi connectivity index (χ4n) is 1.56. The number of benzene rings is 1. The molecule has 0 radical (unpaired) electrons. The van der Waals surface area contributed by atoms with E-state index in [0.717, 1.165) is 11.4 Å². The van der Waals surface area contributed by atoms with Crippen LogP contribution in [0, 0.1) is 0 Å². The molecule has 2 aromatic rings. The Labute approximate surface area is 110 Å².